The van der Waals surface area contributed by atoms with E-state index in [-0.39, 0.29) is 18.1 Å². The van der Waals surface area contributed by atoms with Crippen molar-refractivity contribution in [3.05, 3.63) is 29.8 Å². The van der Waals surface area contributed by atoms with Crippen molar-refractivity contribution in [2.45, 2.75) is 44.0 Å². The zero-order valence-electron chi connectivity index (χ0n) is 11.3. The Labute approximate surface area is 113 Å². The summed E-state index contributed by atoms with van der Waals surface area (Å²) in [5, 5.41) is 12.6. The minimum absolute atomic E-state index is 0.122. The maximum Gasteiger partial charge on any atom is 0.213 e. The lowest BCUT2D eigenvalue weighted by atomic mass is 9.83. The third-order valence-electron chi connectivity index (χ3n) is 3.68. The summed E-state index contributed by atoms with van der Waals surface area (Å²) in [5.41, 5.74) is 0.883. The van der Waals surface area contributed by atoms with Crippen molar-refractivity contribution in [3.63, 3.8) is 0 Å². The Hall–Kier alpha value is -1.04. The standard InChI is InChI=1S/C11H12FNO2.C3H9N/c12-10-3-6(1-2-13-10)8-4-7-5-9(14)11(8)15-7;1-3-4-2/h1-3,7-9,11,14H,4-5H2;4H,3H2,1-2H3. The number of aliphatic hydroxyl groups is 1. The molecule has 0 spiro atoms. The average molecular weight is 268 g/mol. The molecule has 4 nitrogen and oxygen atoms in total. The molecule has 1 aromatic heterocycles. The predicted molar refractivity (Wildman–Crippen MR) is 70.4 cm³/mol. The molecule has 5 heteroatoms. The minimum atomic E-state index is -0.468. The van der Waals surface area contributed by atoms with Crippen LogP contribution in [0.3, 0.4) is 0 Å². The molecule has 106 valence electrons. The molecule has 0 amide bonds. The van der Waals surface area contributed by atoms with E-state index in [2.05, 4.69) is 17.2 Å². The third kappa shape index (κ3) is 3.29. The number of nitrogens with one attached hydrogen (secondary N) is 1. The van der Waals surface area contributed by atoms with Crippen molar-refractivity contribution < 1.29 is 14.2 Å². The van der Waals surface area contributed by atoms with Crippen LogP contribution in [0.4, 0.5) is 4.39 Å². The Morgan fingerprint density at radius 2 is 2.26 bits per heavy atom. The molecule has 2 fully saturated rings. The molecule has 4 atom stereocenters. The summed E-state index contributed by atoms with van der Waals surface area (Å²) in [6, 6.07) is 3.23. The van der Waals surface area contributed by atoms with Crippen molar-refractivity contribution in [3.8, 4) is 0 Å². The maximum atomic E-state index is 12.9. The van der Waals surface area contributed by atoms with E-state index in [9.17, 15) is 9.50 Å². The maximum absolute atomic E-state index is 12.9. The monoisotopic (exact) mass is 268 g/mol. The highest BCUT2D eigenvalue weighted by Crippen LogP contribution is 2.44. The third-order valence-corrected chi connectivity index (χ3v) is 3.68. The number of nitrogens with zero attached hydrogens (tertiary/aromatic N) is 1. The zero-order valence-corrected chi connectivity index (χ0v) is 11.3. The van der Waals surface area contributed by atoms with Gasteiger partial charge in [0.15, 0.2) is 0 Å². The molecule has 0 radical (unpaired) electrons. The number of aromatic nitrogens is 1. The lowest BCUT2D eigenvalue weighted by Gasteiger charge is -2.22. The summed E-state index contributed by atoms with van der Waals surface area (Å²) in [6.07, 6.45) is 2.65. The molecule has 2 N–H and O–H groups in total. The van der Waals surface area contributed by atoms with Crippen LogP contribution >= 0.6 is 0 Å². The molecule has 0 aliphatic carbocycles. The fraction of sp³-hybridized carbons (Fsp3) is 0.643. The first kappa shape index (κ1) is 14.4. The van der Waals surface area contributed by atoms with Crippen LogP contribution in [-0.4, -0.2) is 42.0 Å². The summed E-state index contributed by atoms with van der Waals surface area (Å²) < 4.78 is 18.5. The van der Waals surface area contributed by atoms with Crippen LogP contribution in [0.15, 0.2) is 18.3 Å². The summed E-state index contributed by atoms with van der Waals surface area (Å²) in [5.74, 6) is -0.346. The van der Waals surface area contributed by atoms with E-state index < -0.39 is 12.1 Å². The van der Waals surface area contributed by atoms with Gasteiger partial charge in [-0.3, -0.25) is 0 Å². The zero-order chi connectivity index (χ0) is 13.8. The molecule has 0 saturated carbocycles. The molecule has 2 saturated heterocycles. The van der Waals surface area contributed by atoms with E-state index in [0.717, 1.165) is 18.5 Å². The number of fused-ring (bicyclic) bond motifs is 2. The van der Waals surface area contributed by atoms with E-state index in [0.29, 0.717) is 6.42 Å². The van der Waals surface area contributed by atoms with Gasteiger partial charge >= 0.3 is 0 Å². The SMILES string of the molecule is CCNC.OC1CC2CC(c3ccnc(F)c3)C1O2. The fourth-order valence-corrected chi connectivity index (χ4v) is 2.68. The largest absolute Gasteiger partial charge is 0.390 e. The molecule has 2 aliphatic heterocycles. The predicted octanol–water partition coefficient (Wildman–Crippen LogP) is 1.45. The van der Waals surface area contributed by atoms with Gasteiger partial charge in [0.25, 0.3) is 0 Å². The van der Waals surface area contributed by atoms with Crippen LogP contribution < -0.4 is 5.32 Å². The van der Waals surface area contributed by atoms with Crippen molar-refractivity contribution in [2.24, 2.45) is 0 Å². The van der Waals surface area contributed by atoms with Crippen LogP contribution in [0.25, 0.3) is 0 Å². The molecule has 19 heavy (non-hydrogen) atoms. The molecule has 2 bridgehead atoms. The average Bonchev–Trinajstić information content (AvgIpc) is 2.98. The first-order valence-electron chi connectivity index (χ1n) is 6.75. The number of hydrogen-bond acceptors (Lipinski definition) is 4. The summed E-state index contributed by atoms with van der Waals surface area (Å²) in [4.78, 5) is 3.52. The number of aliphatic hydroxyl groups excluding tert-OH is 1. The number of halogens is 1. The van der Waals surface area contributed by atoms with Gasteiger partial charge in [-0.15, -0.1) is 0 Å². The quantitative estimate of drug-likeness (QED) is 0.797. The van der Waals surface area contributed by atoms with Gasteiger partial charge in [0.05, 0.1) is 18.3 Å². The molecule has 2 aliphatic rings. The van der Waals surface area contributed by atoms with Crippen molar-refractivity contribution in [2.75, 3.05) is 13.6 Å². The highest BCUT2D eigenvalue weighted by molar-refractivity contribution is 5.22. The second kappa shape index (κ2) is 6.41. The molecule has 3 heterocycles. The molecular weight excluding hydrogens is 247 g/mol. The topological polar surface area (TPSA) is 54.4 Å². The first-order valence-corrected chi connectivity index (χ1v) is 6.75. The normalized spacial score (nSPS) is 32.0. The van der Waals surface area contributed by atoms with Crippen molar-refractivity contribution >= 4 is 0 Å². The Balaban J connectivity index is 0.000000297. The summed E-state index contributed by atoms with van der Waals surface area (Å²) >= 11 is 0. The smallest absolute Gasteiger partial charge is 0.213 e. The van der Waals surface area contributed by atoms with E-state index >= 15 is 0 Å². The summed E-state index contributed by atoms with van der Waals surface area (Å²) in [6.45, 7) is 3.14. The molecule has 0 aromatic carbocycles. The van der Waals surface area contributed by atoms with Gasteiger partial charge < -0.3 is 15.2 Å². The Kier molecular flexibility index (Phi) is 4.85. The van der Waals surface area contributed by atoms with Gasteiger partial charge in [-0.1, -0.05) is 6.92 Å². The first-order chi connectivity index (χ1) is 9.15. The van der Waals surface area contributed by atoms with Crippen LogP contribution in [-0.2, 0) is 4.74 Å². The molecule has 1 aromatic rings. The fourth-order valence-electron chi connectivity index (χ4n) is 2.68. The van der Waals surface area contributed by atoms with Crippen LogP contribution in [0.5, 0.6) is 0 Å². The highest BCUT2D eigenvalue weighted by atomic mass is 19.1. The number of rotatable bonds is 2. The van der Waals surface area contributed by atoms with Crippen molar-refractivity contribution in [1.82, 2.24) is 10.3 Å². The second-order valence-corrected chi connectivity index (χ2v) is 4.99. The number of hydrogen-bond donors (Lipinski definition) is 2. The minimum Gasteiger partial charge on any atom is -0.390 e. The molecule has 4 unspecified atom stereocenters. The number of ether oxygens (including phenoxy) is 1. The Morgan fingerprint density at radius 3 is 2.79 bits per heavy atom. The molecular formula is C14H21FN2O2. The van der Waals surface area contributed by atoms with Crippen LogP contribution in [0.2, 0.25) is 0 Å². The van der Waals surface area contributed by atoms with Crippen molar-refractivity contribution in [1.29, 1.82) is 0 Å². The van der Waals surface area contributed by atoms with Gasteiger partial charge in [0, 0.05) is 18.5 Å². The van der Waals surface area contributed by atoms with E-state index in [4.69, 9.17) is 4.74 Å². The van der Waals surface area contributed by atoms with Gasteiger partial charge in [0.2, 0.25) is 5.95 Å². The second-order valence-electron chi connectivity index (χ2n) is 4.99. The van der Waals surface area contributed by atoms with Crippen LogP contribution in [0, 0.1) is 5.95 Å². The Bertz CT molecular complexity index is 414. The van der Waals surface area contributed by atoms with Gasteiger partial charge in [-0.05, 0) is 37.7 Å². The molecule has 3 rings (SSSR count). The van der Waals surface area contributed by atoms with E-state index in [1.54, 1.807) is 6.07 Å². The van der Waals surface area contributed by atoms with E-state index in [1.807, 2.05) is 7.05 Å². The van der Waals surface area contributed by atoms with Gasteiger partial charge in [-0.25, -0.2) is 4.98 Å². The van der Waals surface area contributed by atoms with Crippen LogP contribution in [0.1, 0.15) is 31.2 Å². The lowest BCUT2D eigenvalue weighted by molar-refractivity contribution is 0.0457. The summed E-state index contributed by atoms with van der Waals surface area (Å²) in [7, 11) is 1.93. The Morgan fingerprint density at radius 1 is 1.53 bits per heavy atom. The number of pyridine rings is 1. The lowest BCUT2D eigenvalue weighted by Crippen LogP contribution is -2.28. The van der Waals surface area contributed by atoms with Gasteiger partial charge in [0.1, 0.15) is 0 Å². The van der Waals surface area contributed by atoms with E-state index in [1.165, 1.54) is 12.3 Å². The highest BCUT2D eigenvalue weighted by Gasteiger charge is 2.47. The van der Waals surface area contributed by atoms with Gasteiger partial charge in [-0.2, -0.15) is 4.39 Å².